The third-order valence-electron chi connectivity index (χ3n) is 3.14. The first-order valence-electron chi connectivity index (χ1n) is 7.12. The van der Waals surface area contributed by atoms with Crippen LogP contribution in [0.4, 0.5) is 4.39 Å². The molecule has 0 saturated carbocycles. The van der Waals surface area contributed by atoms with E-state index >= 15 is 0 Å². The van der Waals surface area contributed by atoms with Crippen LogP contribution in [0.2, 0.25) is 0 Å². The van der Waals surface area contributed by atoms with Crippen molar-refractivity contribution < 1.29 is 9.50 Å². The molecule has 1 heterocycles. The fourth-order valence-corrected chi connectivity index (χ4v) is 3.16. The Bertz CT molecular complexity index is 566. The Hall–Kier alpha value is -1.33. The zero-order valence-corrected chi connectivity index (χ0v) is 13.2. The van der Waals surface area contributed by atoms with Gasteiger partial charge in [0.2, 0.25) is 0 Å². The van der Waals surface area contributed by atoms with E-state index in [-0.39, 0.29) is 12.4 Å². The van der Waals surface area contributed by atoms with Crippen molar-refractivity contribution in [1.29, 1.82) is 0 Å². The van der Waals surface area contributed by atoms with Crippen LogP contribution in [-0.4, -0.2) is 20.4 Å². The normalized spacial score (nSPS) is 11.3. The molecule has 1 aromatic carbocycles. The van der Waals surface area contributed by atoms with E-state index in [9.17, 15) is 9.50 Å². The predicted octanol–water partition coefficient (Wildman–Crippen LogP) is 3.70. The molecule has 1 aromatic heterocycles. The Labute approximate surface area is 129 Å². The van der Waals surface area contributed by atoms with Gasteiger partial charge in [-0.05, 0) is 30.0 Å². The molecule has 0 aliphatic rings. The van der Waals surface area contributed by atoms with Gasteiger partial charge in [-0.2, -0.15) is 0 Å². The maximum absolute atomic E-state index is 12.9. The van der Waals surface area contributed by atoms with Crippen LogP contribution in [0.1, 0.15) is 31.5 Å². The monoisotopic (exact) mass is 308 g/mol. The van der Waals surface area contributed by atoms with Gasteiger partial charge in [-0.1, -0.05) is 37.7 Å². The first-order valence-corrected chi connectivity index (χ1v) is 8.11. The average molecular weight is 308 g/mol. The summed E-state index contributed by atoms with van der Waals surface area (Å²) in [6.45, 7) is 4.97. The summed E-state index contributed by atoms with van der Waals surface area (Å²) in [6, 6.07) is 6.47. The van der Waals surface area contributed by atoms with E-state index in [0.717, 1.165) is 22.9 Å². The van der Waals surface area contributed by atoms with Crippen molar-refractivity contribution >= 4 is 11.8 Å². The summed E-state index contributed by atoms with van der Waals surface area (Å²) >= 11 is 1.70. The number of thioether (sulfide) groups is 1. The van der Waals surface area contributed by atoms with E-state index < -0.39 is 0 Å². The fourth-order valence-electron chi connectivity index (χ4n) is 1.93. The molecule has 0 radical (unpaired) electrons. The molecule has 0 unspecified atom stereocenters. The summed E-state index contributed by atoms with van der Waals surface area (Å²) in [5, 5.41) is 10.2. The van der Waals surface area contributed by atoms with Crippen molar-refractivity contribution in [3.63, 3.8) is 0 Å². The largest absolute Gasteiger partial charge is 0.390 e. The quantitative estimate of drug-likeness (QED) is 0.793. The molecule has 1 N–H and O–H groups in total. The second-order valence-electron chi connectivity index (χ2n) is 5.46. The zero-order chi connectivity index (χ0) is 15.2. The van der Waals surface area contributed by atoms with E-state index in [1.165, 1.54) is 12.1 Å². The Morgan fingerprint density at radius 2 is 2.00 bits per heavy atom. The van der Waals surface area contributed by atoms with Crippen molar-refractivity contribution in [3.8, 4) is 0 Å². The van der Waals surface area contributed by atoms with Crippen molar-refractivity contribution in [2.24, 2.45) is 5.92 Å². The van der Waals surface area contributed by atoms with Crippen LogP contribution in [0.25, 0.3) is 0 Å². The number of halogens is 1. The summed E-state index contributed by atoms with van der Waals surface area (Å²) in [4.78, 5) is 4.44. The summed E-state index contributed by atoms with van der Waals surface area (Å²) in [5.74, 6) is 1.44. The number of nitrogens with zero attached hydrogens (tertiary/aromatic N) is 2. The Morgan fingerprint density at radius 1 is 1.29 bits per heavy atom. The third-order valence-corrected chi connectivity index (χ3v) is 4.17. The highest BCUT2D eigenvalue weighted by Gasteiger charge is 2.09. The number of hydrogen-bond donors (Lipinski definition) is 1. The number of aliphatic hydroxyl groups excluding tert-OH is 1. The summed E-state index contributed by atoms with van der Waals surface area (Å²) in [7, 11) is 0. The van der Waals surface area contributed by atoms with Crippen molar-refractivity contribution in [2.75, 3.05) is 5.75 Å². The molecule has 0 fully saturated rings. The molecule has 0 atom stereocenters. The standard InChI is InChI=1S/C16H21FN2OS/c1-12(2)7-8-21-16-18-15(11-20)10-19(16)9-13-3-5-14(17)6-4-13/h3-6,10,12,20H,7-9,11H2,1-2H3. The van der Waals surface area contributed by atoms with Crippen LogP contribution in [0.3, 0.4) is 0 Å². The maximum Gasteiger partial charge on any atom is 0.168 e. The molecular weight excluding hydrogens is 287 g/mol. The SMILES string of the molecule is CC(C)CCSc1nc(CO)cn1Cc1ccc(F)cc1. The lowest BCUT2D eigenvalue weighted by atomic mass is 10.2. The van der Waals surface area contributed by atoms with Gasteiger partial charge in [0.05, 0.1) is 12.3 Å². The minimum absolute atomic E-state index is 0.0614. The Kier molecular flexibility index (Phi) is 5.82. The lowest BCUT2D eigenvalue weighted by molar-refractivity contribution is 0.277. The van der Waals surface area contributed by atoms with Crippen molar-refractivity contribution in [3.05, 3.63) is 47.5 Å². The molecule has 0 aliphatic carbocycles. The zero-order valence-electron chi connectivity index (χ0n) is 12.4. The highest BCUT2D eigenvalue weighted by molar-refractivity contribution is 7.99. The maximum atomic E-state index is 12.9. The molecule has 21 heavy (non-hydrogen) atoms. The predicted molar refractivity (Wildman–Crippen MR) is 83.8 cm³/mol. The topological polar surface area (TPSA) is 38.1 Å². The van der Waals surface area contributed by atoms with Gasteiger partial charge in [0, 0.05) is 18.5 Å². The van der Waals surface area contributed by atoms with E-state index in [1.54, 1.807) is 23.9 Å². The average Bonchev–Trinajstić information content (AvgIpc) is 2.83. The molecule has 0 bridgehead atoms. The van der Waals surface area contributed by atoms with Gasteiger partial charge in [0.1, 0.15) is 5.82 Å². The second-order valence-corrected chi connectivity index (χ2v) is 6.52. The van der Waals surface area contributed by atoms with Gasteiger partial charge in [0.25, 0.3) is 0 Å². The van der Waals surface area contributed by atoms with Gasteiger partial charge in [-0.25, -0.2) is 9.37 Å². The van der Waals surface area contributed by atoms with Gasteiger partial charge in [-0.15, -0.1) is 0 Å². The van der Waals surface area contributed by atoms with Crippen molar-refractivity contribution in [2.45, 2.75) is 38.6 Å². The molecule has 0 aliphatic heterocycles. The van der Waals surface area contributed by atoms with Crippen LogP contribution >= 0.6 is 11.8 Å². The smallest absolute Gasteiger partial charge is 0.168 e. The first kappa shape index (κ1) is 16.0. The van der Waals surface area contributed by atoms with Gasteiger partial charge in [-0.3, -0.25) is 0 Å². The number of aromatic nitrogens is 2. The highest BCUT2D eigenvalue weighted by Crippen LogP contribution is 2.21. The van der Waals surface area contributed by atoms with Crippen LogP contribution in [0.15, 0.2) is 35.6 Å². The lowest BCUT2D eigenvalue weighted by Gasteiger charge is -2.08. The molecule has 3 nitrogen and oxygen atoms in total. The molecular formula is C16H21FN2OS. The fraction of sp³-hybridized carbons (Fsp3) is 0.438. The molecule has 2 rings (SSSR count). The summed E-state index contributed by atoms with van der Waals surface area (Å²) < 4.78 is 15.0. The van der Waals surface area contributed by atoms with Crippen LogP contribution < -0.4 is 0 Å². The Balaban J connectivity index is 2.09. The minimum atomic E-state index is -0.230. The number of benzene rings is 1. The van der Waals surface area contributed by atoms with E-state index in [1.807, 2.05) is 10.8 Å². The van der Waals surface area contributed by atoms with Gasteiger partial charge >= 0.3 is 0 Å². The minimum Gasteiger partial charge on any atom is -0.390 e. The van der Waals surface area contributed by atoms with Crippen molar-refractivity contribution in [1.82, 2.24) is 9.55 Å². The number of aliphatic hydroxyl groups is 1. The number of imidazole rings is 1. The molecule has 114 valence electrons. The highest BCUT2D eigenvalue weighted by atomic mass is 32.2. The number of rotatable bonds is 7. The van der Waals surface area contributed by atoms with Gasteiger partial charge in [0.15, 0.2) is 5.16 Å². The van der Waals surface area contributed by atoms with Crippen LogP contribution in [-0.2, 0) is 13.2 Å². The number of hydrogen-bond acceptors (Lipinski definition) is 3. The molecule has 5 heteroatoms. The second kappa shape index (κ2) is 7.61. The van der Waals surface area contributed by atoms with Crippen LogP contribution in [0, 0.1) is 11.7 Å². The molecule has 0 saturated heterocycles. The van der Waals surface area contributed by atoms with Crippen LogP contribution in [0.5, 0.6) is 0 Å². The molecule has 0 spiro atoms. The molecule has 0 amide bonds. The van der Waals surface area contributed by atoms with E-state index in [4.69, 9.17) is 0 Å². The molecule has 2 aromatic rings. The third kappa shape index (κ3) is 4.86. The van der Waals surface area contributed by atoms with E-state index in [0.29, 0.717) is 18.2 Å². The Morgan fingerprint density at radius 3 is 2.62 bits per heavy atom. The van der Waals surface area contributed by atoms with Gasteiger partial charge < -0.3 is 9.67 Å². The summed E-state index contributed by atoms with van der Waals surface area (Å²) in [6.07, 6.45) is 2.99. The first-order chi connectivity index (χ1) is 10.1. The van der Waals surface area contributed by atoms with E-state index in [2.05, 4.69) is 18.8 Å². The summed E-state index contributed by atoms with van der Waals surface area (Å²) in [5.41, 5.74) is 1.69. The lowest BCUT2D eigenvalue weighted by Crippen LogP contribution is -2.01.